The first-order valence-corrected chi connectivity index (χ1v) is 6.67. The van der Waals surface area contributed by atoms with Gasteiger partial charge in [0.05, 0.1) is 12.1 Å². The van der Waals surface area contributed by atoms with Crippen LogP contribution in [0.4, 0.5) is 0 Å². The third kappa shape index (κ3) is 2.80. The Hall–Kier alpha value is -1.39. The lowest BCUT2D eigenvalue weighted by atomic mass is 9.97. The van der Waals surface area contributed by atoms with Crippen molar-refractivity contribution in [3.8, 4) is 0 Å². The van der Waals surface area contributed by atoms with Gasteiger partial charge in [-0.15, -0.1) is 0 Å². The lowest BCUT2D eigenvalue weighted by Gasteiger charge is -2.34. The Balaban J connectivity index is 2.24. The highest BCUT2D eigenvalue weighted by atomic mass is 16.3. The number of rotatable bonds is 3. The van der Waals surface area contributed by atoms with E-state index < -0.39 is 5.54 Å². The minimum Gasteiger partial charge on any atom is -0.394 e. The van der Waals surface area contributed by atoms with Gasteiger partial charge in [-0.25, -0.2) is 0 Å². The number of nitrogens with one attached hydrogen (secondary N) is 1. The van der Waals surface area contributed by atoms with Crippen molar-refractivity contribution >= 4 is 5.91 Å². The predicted molar refractivity (Wildman–Crippen MR) is 75.1 cm³/mol. The van der Waals surface area contributed by atoms with Crippen molar-refractivity contribution in [3.05, 3.63) is 34.9 Å². The largest absolute Gasteiger partial charge is 0.394 e. The van der Waals surface area contributed by atoms with Crippen molar-refractivity contribution in [2.75, 3.05) is 20.2 Å². The lowest BCUT2D eigenvalue weighted by molar-refractivity contribution is 0.0473. The monoisotopic (exact) mass is 262 g/mol. The molecule has 1 aromatic carbocycles. The highest BCUT2D eigenvalue weighted by Gasteiger charge is 2.27. The summed E-state index contributed by atoms with van der Waals surface area (Å²) in [5.74, 6) is -0.0487. The average molecular weight is 262 g/mol. The smallest absolute Gasteiger partial charge is 0.254 e. The second kappa shape index (κ2) is 5.31. The molecule has 0 aliphatic carbocycles. The topological polar surface area (TPSA) is 52.6 Å². The number of aliphatic hydroxyl groups excluding tert-OH is 1. The molecule has 0 radical (unpaired) electrons. The van der Waals surface area contributed by atoms with Crippen LogP contribution in [0.3, 0.4) is 0 Å². The predicted octanol–water partition coefficient (Wildman–Crippen LogP) is 1.18. The van der Waals surface area contributed by atoms with E-state index in [9.17, 15) is 9.90 Å². The summed E-state index contributed by atoms with van der Waals surface area (Å²) in [5, 5.41) is 12.7. The number of likely N-dealkylation sites (N-methyl/N-ethyl adjacent to an activating group) is 1. The zero-order valence-corrected chi connectivity index (χ0v) is 11.9. The molecule has 1 amide bonds. The second-order valence-corrected chi connectivity index (χ2v) is 5.74. The standard InChI is InChI=1S/C15H22N2O2/c1-15(2,10-18)17(3)14(19)12-5-4-11-6-7-16-9-13(11)8-12/h4-5,8,16,18H,6-7,9-10H2,1-3H3. The molecule has 2 N–H and O–H groups in total. The van der Waals surface area contributed by atoms with Crippen molar-refractivity contribution in [2.45, 2.75) is 32.4 Å². The van der Waals surface area contributed by atoms with Crippen LogP contribution in [0.25, 0.3) is 0 Å². The molecule has 0 bridgehead atoms. The number of carbonyl (C=O) groups is 1. The molecular formula is C15H22N2O2. The molecule has 4 nitrogen and oxygen atoms in total. The number of hydrogen-bond acceptors (Lipinski definition) is 3. The van der Waals surface area contributed by atoms with Crippen molar-refractivity contribution < 1.29 is 9.90 Å². The van der Waals surface area contributed by atoms with Crippen LogP contribution in [0.1, 0.15) is 35.3 Å². The van der Waals surface area contributed by atoms with E-state index in [4.69, 9.17) is 0 Å². The van der Waals surface area contributed by atoms with Gasteiger partial charge < -0.3 is 15.3 Å². The summed E-state index contributed by atoms with van der Waals surface area (Å²) in [5.41, 5.74) is 2.66. The summed E-state index contributed by atoms with van der Waals surface area (Å²) in [6.07, 6.45) is 1.02. The van der Waals surface area contributed by atoms with E-state index in [-0.39, 0.29) is 12.5 Å². The summed E-state index contributed by atoms with van der Waals surface area (Å²) in [6.45, 7) is 5.47. The molecule has 1 aliphatic heterocycles. The zero-order valence-electron chi connectivity index (χ0n) is 11.9. The Morgan fingerprint density at radius 3 is 2.84 bits per heavy atom. The fourth-order valence-electron chi connectivity index (χ4n) is 2.19. The van der Waals surface area contributed by atoms with Gasteiger partial charge in [0.15, 0.2) is 0 Å². The van der Waals surface area contributed by atoms with E-state index in [0.29, 0.717) is 5.56 Å². The van der Waals surface area contributed by atoms with Crippen LogP contribution in [-0.4, -0.2) is 41.7 Å². The molecule has 0 saturated heterocycles. The van der Waals surface area contributed by atoms with Crippen LogP contribution in [0.15, 0.2) is 18.2 Å². The fourth-order valence-corrected chi connectivity index (χ4v) is 2.19. The van der Waals surface area contributed by atoms with Crippen molar-refractivity contribution in [1.29, 1.82) is 0 Å². The molecule has 0 atom stereocenters. The minimum absolute atomic E-state index is 0.0487. The van der Waals surface area contributed by atoms with Crippen LogP contribution < -0.4 is 5.32 Å². The molecule has 4 heteroatoms. The van der Waals surface area contributed by atoms with Gasteiger partial charge in [0, 0.05) is 19.2 Å². The van der Waals surface area contributed by atoms with E-state index in [0.717, 1.165) is 19.5 Å². The molecule has 19 heavy (non-hydrogen) atoms. The Morgan fingerprint density at radius 1 is 1.42 bits per heavy atom. The van der Waals surface area contributed by atoms with E-state index in [1.165, 1.54) is 11.1 Å². The Morgan fingerprint density at radius 2 is 2.16 bits per heavy atom. The van der Waals surface area contributed by atoms with Gasteiger partial charge >= 0.3 is 0 Å². The quantitative estimate of drug-likeness (QED) is 0.860. The number of nitrogens with zero attached hydrogens (tertiary/aromatic N) is 1. The first-order chi connectivity index (χ1) is 8.95. The summed E-state index contributed by atoms with van der Waals surface area (Å²) >= 11 is 0. The van der Waals surface area contributed by atoms with E-state index in [2.05, 4.69) is 5.32 Å². The van der Waals surface area contributed by atoms with Gasteiger partial charge in [-0.1, -0.05) is 6.07 Å². The van der Waals surface area contributed by atoms with Crippen LogP contribution in [0, 0.1) is 0 Å². The maximum absolute atomic E-state index is 12.4. The molecule has 0 unspecified atom stereocenters. The minimum atomic E-state index is -0.550. The molecule has 104 valence electrons. The number of amides is 1. The highest BCUT2D eigenvalue weighted by Crippen LogP contribution is 2.19. The SMILES string of the molecule is CN(C(=O)c1ccc2c(c1)CNCC2)C(C)(C)CO. The number of aliphatic hydroxyl groups is 1. The third-order valence-electron chi connectivity index (χ3n) is 3.94. The maximum atomic E-state index is 12.4. The molecule has 0 aromatic heterocycles. The summed E-state index contributed by atoms with van der Waals surface area (Å²) in [7, 11) is 1.73. The normalized spacial score (nSPS) is 14.9. The molecule has 1 heterocycles. The zero-order chi connectivity index (χ0) is 14.0. The van der Waals surface area contributed by atoms with Crippen molar-refractivity contribution in [1.82, 2.24) is 10.2 Å². The van der Waals surface area contributed by atoms with E-state index in [1.807, 2.05) is 32.0 Å². The van der Waals surface area contributed by atoms with Gasteiger partial charge in [0.2, 0.25) is 0 Å². The van der Waals surface area contributed by atoms with E-state index >= 15 is 0 Å². The van der Waals surface area contributed by atoms with Gasteiger partial charge in [0.25, 0.3) is 5.91 Å². The third-order valence-corrected chi connectivity index (χ3v) is 3.94. The Kier molecular flexibility index (Phi) is 3.92. The van der Waals surface area contributed by atoms with Gasteiger partial charge in [-0.3, -0.25) is 4.79 Å². The van der Waals surface area contributed by atoms with Crippen LogP contribution in [0.5, 0.6) is 0 Å². The van der Waals surface area contributed by atoms with Crippen molar-refractivity contribution in [3.63, 3.8) is 0 Å². The van der Waals surface area contributed by atoms with E-state index in [1.54, 1.807) is 11.9 Å². The molecule has 1 aliphatic rings. The number of benzene rings is 1. The van der Waals surface area contributed by atoms with Gasteiger partial charge in [-0.05, 0) is 50.1 Å². The summed E-state index contributed by atoms with van der Waals surface area (Å²) in [4.78, 5) is 14.0. The fraction of sp³-hybridized carbons (Fsp3) is 0.533. The van der Waals surface area contributed by atoms with Crippen LogP contribution in [-0.2, 0) is 13.0 Å². The second-order valence-electron chi connectivity index (χ2n) is 5.74. The van der Waals surface area contributed by atoms with Gasteiger partial charge in [-0.2, -0.15) is 0 Å². The lowest BCUT2D eigenvalue weighted by Crippen LogP contribution is -2.47. The molecular weight excluding hydrogens is 240 g/mol. The number of hydrogen-bond donors (Lipinski definition) is 2. The number of fused-ring (bicyclic) bond motifs is 1. The maximum Gasteiger partial charge on any atom is 0.254 e. The average Bonchev–Trinajstić information content (AvgIpc) is 2.45. The first-order valence-electron chi connectivity index (χ1n) is 6.67. The molecule has 0 fully saturated rings. The van der Waals surface area contributed by atoms with Crippen LogP contribution >= 0.6 is 0 Å². The Bertz CT molecular complexity index is 483. The first kappa shape index (κ1) is 14.0. The molecule has 1 aromatic rings. The van der Waals surface area contributed by atoms with Crippen LogP contribution in [0.2, 0.25) is 0 Å². The molecule has 0 saturated carbocycles. The number of carbonyl (C=O) groups excluding carboxylic acids is 1. The highest BCUT2D eigenvalue weighted by molar-refractivity contribution is 5.94. The van der Waals surface area contributed by atoms with Crippen molar-refractivity contribution in [2.24, 2.45) is 0 Å². The van der Waals surface area contributed by atoms with Gasteiger partial charge in [0.1, 0.15) is 0 Å². The Labute approximate surface area is 114 Å². The molecule has 0 spiro atoms. The summed E-state index contributed by atoms with van der Waals surface area (Å²) < 4.78 is 0. The molecule has 2 rings (SSSR count). The summed E-state index contributed by atoms with van der Waals surface area (Å²) in [6, 6.07) is 5.90.